The van der Waals surface area contributed by atoms with Gasteiger partial charge in [0, 0.05) is 51.2 Å². The van der Waals surface area contributed by atoms with Gasteiger partial charge in [0.05, 0.1) is 5.52 Å². The molecule has 0 fully saturated rings. The lowest BCUT2D eigenvalue weighted by atomic mass is 10.1. The molecular formula is C25H33IN6O. The summed E-state index contributed by atoms with van der Waals surface area (Å²) in [6.07, 6.45) is 0.768. The van der Waals surface area contributed by atoms with Gasteiger partial charge in [-0.1, -0.05) is 30.3 Å². The second kappa shape index (κ2) is 13.6. The molecule has 1 amide bonds. The van der Waals surface area contributed by atoms with Crippen molar-refractivity contribution in [1.29, 1.82) is 0 Å². The van der Waals surface area contributed by atoms with Gasteiger partial charge in [0.2, 0.25) is 0 Å². The van der Waals surface area contributed by atoms with Gasteiger partial charge >= 0.3 is 0 Å². The van der Waals surface area contributed by atoms with Crippen molar-refractivity contribution in [2.75, 3.05) is 45.6 Å². The van der Waals surface area contributed by atoms with Crippen molar-refractivity contribution in [2.45, 2.75) is 13.3 Å². The number of aliphatic imine (C=N–C) groups is 1. The third kappa shape index (κ3) is 8.20. The Kier molecular flexibility index (Phi) is 10.9. The minimum absolute atomic E-state index is 0. The minimum atomic E-state index is 0. The topological polar surface area (TPSA) is 81.7 Å². The molecule has 1 heterocycles. The fourth-order valence-electron chi connectivity index (χ4n) is 3.29. The normalized spacial score (nSPS) is 10.9. The standard InChI is InChI=1S/C25H32N6O.HI/c1-4-26-25(28-15-14-19-8-7-10-21(18-19)24(32)31(2)3)29-17-16-27-23-13-12-20-9-5-6-11-22(20)30-23;/h5-13,18H,4,14-17H2,1-3H3,(H,27,30)(H2,26,28,29);1H. The molecule has 0 saturated heterocycles. The summed E-state index contributed by atoms with van der Waals surface area (Å²) in [6.45, 7) is 4.91. The molecular weight excluding hydrogens is 527 g/mol. The Morgan fingerprint density at radius 1 is 1.00 bits per heavy atom. The molecule has 0 bridgehead atoms. The molecule has 0 aliphatic heterocycles. The average Bonchev–Trinajstić information content (AvgIpc) is 2.81. The van der Waals surface area contributed by atoms with Crippen LogP contribution in [-0.4, -0.2) is 62.0 Å². The number of fused-ring (bicyclic) bond motifs is 1. The van der Waals surface area contributed by atoms with E-state index >= 15 is 0 Å². The predicted octanol–water partition coefficient (Wildman–Crippen LogP) is 3.76. The summed E-state index contributed by atoms with van der Waals surface area (Å²) in [5.41, 5.74) is 2.79. The van der Waals surface area contributed by atoms with Crippen LogP contribution in [0.3, 0.4) is 0 Å². The molecule has 0 saturated carbocycles. The maximum absolute atomic E-state index is 12.1. The first-order valence-corrected chi connectivity index (χ1v) is 11.0. The summed E-state index contributed by atoms with van der Waals surface area (Å²) in [4.78, 5) is 23.0. The lowest BCUT2D eigenvalue weighted by molar-refractivity contribution is 0.0827. The van der Waals surface area contributed by atoms with Crippen LogP contribution >= 0.6 is 24.0 Å². The van der Waals surface area contributed by atoms with Crippen molar-refractivity contribution >= 4 is 52.6 Å². The lowest BCUT2D eigenvalue weighted by Crippen LogP contribution is -2.39. The molecule has 1 aromatic heterocycles. The summed E-state index contributed by atoms with van der Waals surface area (Å²) in [7, 11) is 3.52. The monoisotopic (exact) mass is 560 g/mol. The molecule has 0 radical (unpaired) electrons. The molecule has 0 aliphatic rings. The molecule has 0 atom stereocenters. The van der Waals surface area contributed by atoms with Crippen molar-refractivity contribution in [2.24, 2.45) is 4.99 Å². The zero-order valence-electron chi connectivity index (χ0n) is 19.5. The van der Waals surface area contributed by atoms with Crippen molar-refractivity contribution in [3.63, 3.8) is 0 Å². The number of pyridine rings is 1. The second-order valence-electron chi connectivity index (χ2n) is 7.65. The van der Waals surface area contributed by atoms with E-state index in [1.54, 1.807) is 19.0 Å². The van der Waals surface area contributed by atoms with Crippen molar-refractivity contribution in [1.82, 2.24) is 20.5 Å². The molecule has 0 aliphatic carbocycles. The lowest BCUT2D eigenvalue weighted by Gasteiger charge is -2.13. The number of nitrogens with zero attached hydrogens (tertiary/aromatic N) is 3. The van der Waals surface area contributed by atoms with Crippen LogP contribution < -0.4 is 16.0 Å². The van der Waals surface area contributed by atoms with E-state index in [4.69, 9.17) is 0 Å². The minimum Gasteiger partial charge on any atom is -0.368 e. The SMILES string of the molecule is CCNC(=NCCc1cccc(C(=O)N(C)C)c1)NCCNc1ccc2ccccc2n1.I. The van der Waals surface area contributed by atoms with Gasteiger partial charge in [0.15, 0.2) is 5.96 Å². The molecule has 7 nitrogen and oxygen atoms in total. The molecule has 3 aromatic rings. The number of carbonyl (C=O) groups is 1. The van der Waals surface area contributed by atoms with E-state index in [-0.39, 0.29) is 29.9 Å². The molecule has 176 valence electrons. The van der Waals surface area contributed by atoms with Gasteiger partial charge in [0.1, 0.15) is 5.82 Å². The van der Waals surface area contributed by atoms with Crippen LogP contribution in [0, 0.1) is 0 Å². The van der Waals surface area contributed by atoms with Crippen LogP contribution in [0.25, 0.3) is 10.9 Å². The highest BCUT2D eigenvalue weighted by Crippen LogP contribution is 2.14. The van der Waals surface area contributed by atoms with E-state index in [1.807, 2.05) is 55.5 Å². The van der Waals surface area contributed by atoms with E-state index in [2.05, 4.69) is 38.1 Å². The van der Waals surface area contributed by atoms with Crippen LogP contribution in [-0.2, 0) is 6.42 Å². The summed E-state index contributed by atoms with van der Waals surface area (Å²) in [5, 5.41) is 11.1. The van der Waals surface area contributed by atoms with E-state index in [9.17, 15) is 4.79 Å². The first-order chi connectivity index (χ1) is 15.6. The van der Waals surface area contributed by atoms with Gasteiger partial charge in [-0.15, -0.1) is 24.0 Å². The number of nitrogens with one attached hydrogen (secondary N) is 3. The third-order valence-corrected chi connectivity index (χ3v) is 4.92. The van der Waals surface area contributed by atoms with Crippen LogP contribution in [0.15, 0.2) is 65.7 Å². The number of aromatic nitrogens is 1. The van der Waals surface area contributed by atoms with Gasteiger partial charge < -0.3 is 20.9 Å². The highest BCUT2D eigenvalue weighted by atomic mass is 127. The van der Waals surface area contributed by atoms with Gasteiger partial charge in [-0.3, -0.25) is 9.79 Å². The predicted molar refractivity (Wildman–Crippen MR) is 148 cm³/mol. The Morgan fingerprint density at radius 2 is 1.82 bits per heavy atom. The van der Waals surface area contributed by atoms with Crippen molar-refractivity contribution < 1.29 is 4.79 Å². The number of halogens is 1. The van der Waals surface area contributed by atoms with E-state index in [0.29, 0.717) is 18.7 Å². The number of hydrogen-bond donors (Lipinski definition) is 3. The van der Waals surface area contributed by atoms with Gasteiger partial charge in [-0.05, 0) is 49.2 Å². The number of rotatable bonds is 9. The fourth-order valence-corrected chi connectivity index (χ4v) is 3.29. The number of amides is 1. The summed E-state index contributed by atoms with van der Waals surface area (Å²) in [6, 6.07) is 19.9. The Morgan fingerprint density at radius 3 is 2.61 bits per heavy atom. The van der Waals surface area contributed by atoms with E-state index < -0.39 is 0 Å². The fraction of sp³-hybridized carbons (Fsp3) is 0.320. The summed E-state index contributed by atoms with van der Waals surface area (Å²) >= 11 is 0. The average molecular weight is 560 g/mol. The van der Waals surface area contributed by atoms with Crippen LogP contribution in [0.4, 0.5) is 5.82 Å². The van der Waals surface area contributed by atoms with Crippen LogP contribution in [0.2, 0.25) is 0 Å². The van der Waals surface area contributed by atoms with Gasteiger partial charge in [-0.25, -0.2) is 4.98 Å². The molecule has 3 N–H and O–H groups in total. The number of para-hydroxylation sites is 1. The summed E-state index contributed by atoms with van der Waals surface area (Å²) in [5.74, 6) is 1.65. The van der Waals surface area contributed by atoms with Crippen LogP contribution in [0.5, 0.6) is 0 Å². The van der Waals surface area contributed by atoms with Crippen LogP contribution in [0.1, 0.15) is 22.8 Å². The smallest absolute Gasteiger partial charge is 0.253 e. The second-order valence-corrected chi connectivity index (χ2v) is 7.65. The molecule has 2 aromatic carbocycles. The number of carbonyl (C=O) groups excluding carboxylic acids is 1. The van der Waals surface area contributed by atoms with E-state index in [1.165, 1.54) is 0 Å². The quantitative estimate of drug-likeness (QED) is 0.161. The first-order valence-electron chi connectivity index (χ1n) is 11.0. The zero-order chi connectivity index (χ0) is 22.8. The number of guanidine groups is 1. The molecule has 3 rings (SSSR count). The van der Waals surface area contributed by atoms with Crippen molar-refractivity contribution in [3.05, 3.63) is 71.8 Å². The first kappa shape index (κ1) is 26.4. The third-order valence-electron chi connectivity index (χ3n) is 4.92. The maximum Gasteiger partial charge on any atom is 0.253 e. The summed E-state index contributed by atoms with van der Waals surface area (Å²) < 4.78 is 0. The molecule has 33 heavy (non-hydrogen) atoms. The number of anilines is 1. The maximum atomic E-state index is 12.1. The number of benzene rings is 2. The van der Waals surface area contributed by atoms with Gasteiger partial charge in [0.25, 0.3) is 5.91 Å². The Balaban J connectivity index is 0.00000385. The largest absolute Gasteiger partial charge is 0.368 e. The Bertz CT molecular complexity index is 1070. The Hall–Kier alpha value is -2.88. The Labute approximate surface area is 213 Å². The zero-order valence-corrected chi connectivity index (χ0v) is 21.8. The van der Waals surface area contributed by atoms with Crippen molar-refractivity contribution in [3.8, 4) is 0 Å². The number of hydrogen-bond acceptors (Lipinski definition) is 4. The van der Waals surface area contributed by atoms with Gasteiger partial charge in [-0.2, -0.15) is 0 Å². The highest BCUT2D eigenvalue weighted by molar-refractivity contribution is 14.0. The van der Waals surface area contributed by atoms with E-state index in [0.717, 1.165) is 47.8 Å². The highest BCUT2D eigenvalue weighted by Gasteiger charge is 2.08. The molecule has 0 spiro atoms. The molecule has 8 heteroatoms. The molecule has 0 unspecified atom stereocenters.